The molecule has 0 fully saturated rings. The van der Waals surface area contributed by atoms with Crippen molar-refractivity contribution in [3.05, 3.63) is 35.9 Å². The normalized spacial score (nSPS) is 11.4. The van der Waals surface area contributed by atoms with Crippen molar-refractivity contribution in [2.24, 2.45) is 5.73 Å². The van der Waals surface area contributed by atoms with Gasteiger partial charge in [0.2, 0.25) is 6.29 Å². The predicted octanol–water partition coefficient (Wildman–Crippen LogP) is 0.664. The van der Waals surface area contributed by atoms with Gasteiger partial charge in [0.05, 0.1) is 6.04 Å². The number of hydrogen-bond acceptors (Lipinski definition) is 2. The van der Waals surface area contributed by atoms with E-state index in [9.17, 15) is 4.79 Å². The van der Waals surface area contributed by atoms with Crippen LogP contribution in [-0.4, -0.2) is 12.3 Å². The predicted molar refractivity (Wildman–Crippen MR) is 43.8 cm³/mol. The van der Waals surface area contributed by atoms with Crippen LogP contribution in [0.5, 0.6) is 0 Å². The SMILES string of the molecule is NC([C]=O)Cc1ccccc1.[Cu]. The second kappa shape index (κ2) is 5.95. The van der Waals surface area contributed by atoms with E-state index in [1.807, 2.05) is 30.3 Å². The third kappa shape index (κ3) is 3.67. The molecule has 1 aromatic rings. The monoisotopic (exact) mass is 211 g/mol. The van der Waals surface area contributed by atoms with Crippen LogP contribution in [0.25, 0.3) is 0 Å². The fourth-order valence-corrected chi connectivity index (χ4v) is 0.910. The Hall–Kier alpha value is -0.631. The van der Waals surface area contributed by atoms with Crippen molar-refractivity contribution in [3.63, 3.8) is 0 Å². The van der Waals surface area contributed by atoms with E-state index in [2.05, 4.69) is 0 Å². The summed E-state index contributed by atoms with van der Waals surface area (Å²) in [5, 5.41) is 0. The van der Waals surface area contributed by atoms with Gasteiger partial charge in [-0.3, -0.25) is 4.79 Å². The molecule has 2 N–H and O–H groups in total. The van der Waals surface area contributed by atoms with Crippen LogP contribution in [0.2, 0.25) is 0 Å². The third-order valence-corrected chi connectivity index (χ3v) is 1.45. The average molecular weight is 212 g/mol. The molecule has 1 rings (SSSR count). The van der Waals surface area contributed by atoms with Gasteiger partial charge < -0.3 is 5.73 Å². The van der Waals surface area contributed by atoms with Crippen molar-refractivity contribution in [2.45, 2.75) is 12.5 Å². The number of benzene rings is 1. The van der Waals surface area contributed by atoms with E-state index in [1.54, 1.807) is 6.29 Å². The first-order valence-electron chi connectivity index (χ1n) is 3.50. The molecule has 0 saturated carbocycles. The molecule has 1 atom stereocenters. The molecule has 1 aromatic carbocycles. The molecule has 3 heteroatoms. The van der Waals surface area contributed by atoms with E-state index in [4.69, 9.17) is 5.73 Å². The molecular formula is C9H10CuNO. The molecule has 2 radical (unpaired) electrons. The molecule has 0 aliphatic heterocycles. The number of nitrogens with two attached hydrogens (primary N) is 1. The molecule has 0 spiro atoms. The maximum absolute atomic E-state index is 10.1. The van der Waals surface area contributed by atoms with E-state index in [1.165, 1.54) is 0 Å². The Labute approximate surface area is 82.6 Å². The maximum Gasteiger partial charge on any atom is 0.217 e. The van der Waals surface area contributed by atoms with Crippen LogP contribution >= 0.6 is 0 Å². The zero-order valence-corrected chi connectivity index (χ0v) is 7.40. The molecule has 0 aliphatic carbocycles. The van der Waals surface area contributed by atoms with Gasteiger partial charge in [0.15, 0.2) is 0 Å². The Balaban J connectivity index is 0.00000121. The summed E-state index contributed by atoms with van der Waals surface area (Å²) >= 11 is 0. The van der Waals surface area contributed by atoms with Crippen LogP contribution in [0.15, 0.2) is 30.3 Å². The summed E-state index contributed by atoms with van der Waals surface area (Å²) in [5.74, 6) is 0. The van der Waals surface area contributed by atoms with Gasteiger partial charge in [-0.1, -0.05) is 30.3 Å². The molecule has 0 aromatic heterocycles. The molecule has 0 aliphatic rings. The molecular weight excluding hydrogens is 202 g/mol. The van der Waals surface area contributed by atoms with Gasteiger partial charge in [-0.2, -0.15) is 0 Å². The smallest absolute Gasteiger partial charge is 0.217 e. The number of carbonyl (C=O) groups excluding carboxylic acids is 1. The molecule has 12 heavy (non-hydrogen) atoms. The van der Waals surface area contributed by atoms with Gasteiger partial charge in [-0.25, -0.2) is 0 Å². The van der Waals surface area contributed by atoms with Crippen molar-refractivity contribution in [1.82, 2.24) is 0 Å². The maximum atomic E-state index is 10.1. The molecule has 0 amide bonds. The summed E-state index contributed by atoms with van der Waals surface area (Å²) in [4.78, 5) is 10.1. The van der Waals surface area contributed by atoms with Gasteiger partial charge in [0.1, 0.15) is 0 Å². The van der Waals surface area contributed by atoms with Gasteiger partial charge in [0.25, 0.3) is 0 Å². The second-order valence-corrected chi connectivity index (χ2v) is 2.41. The summed E-state index contributed by atoms with van der Waals surface area (Å²) < 4.78 is 0. The zero-order valence-electron chi connectivity index (χ0n) is 6.46. The minimum atomic E-state index is -0.489. The number of hydrogen-bond donors (Lipinski definition) is 1. The van der Waals surface area contributed by atoms with Crippen LogP contribution < -0.4 is 5.73 Å². The van der Waals surface area contributed by atoms with Gasteiger partial charge >= 0.3 is 0 Å². The largest absolute Gasteiger partial charge is 0.321 e. The molecule has 0 bridgehead atoms. The van der Waals surface area contributed by atoms with E-state index in [0.717, 1.165) is 5.56 Å². The van der Waals surface area contributed by atoms with Crippen molar-refractivity contribution in [1.29, 1.82) is 0 Å². The molecule has 1 unspecified atom stereocenters. The Morgan fingerprint density at radius 2 is 1.92 bits per heavy atom. The Bertz CT molecular complexity index is 225. The van der Waals surface area contributed by atoms with Crippen LogP contribution in [0.4, 0.5) is 0 Å². The van der Waals surface area contributed by atoms with Crippen molar-refractivity contribution in [2.75, 3.05) is 0 Å². The second-order valence-electron chi connectivity index (χ2n) is 2.41. The zero-order chi connectivity index (χ0) is 8.10. The van der Waals surface area contributed by atoms with Crippen LogP contribution in [-0.2, 0) is 28.3 Å². The Morgan fingerprint density at radius 1 is 1.33 bits per heavy atom. The van der Waals surface area contributed by atoms with Gasteiger partial charge in [0, 0.05) is 17.1 Å². The first-order chi connectivity index (χ1) is 5.33. The molecule has 0 saturated heterocycles. The minimum Gasteiger partial charge on any atom is -0.321 e. The van der Waals surface area contributed by atoms with Crippen molar-refractivity contribution in [3.8, 4) is 0 Å². The Morgan fingerprint density at radius 3 is 2.42 bits per heavy atom. The van der Waals surface area contributed by atoms with Crippen LogP contribution in [0.1, 0.15) is 5.56 Å². The summed E-state index contributed by atoms with van der Waals surface area (Å²) in [6.07, 6.45) is 2.31. The topological polar surface area (TPSA) is 43.1 Å². The van der Waals surface area contributed by atoms with Crippen LogP contribution in [0, 0.1) is 0 Å². The Kier molecular flexibility index (Phi) is 5.64. The van der Waals surface area contributed by atoms with E-state index >= 15 is 0 Å². The summed E-state index contributed by atoms with van der Waals surface area (Å²) in [6, 6.07) is 9.17. The minimum absolute atomic E-state index is 0. The molecule has 68 valence electrons. The fraction of sp³-hybridized carbons (Fsp3) is 0.222. The average Bonchev–Trinajstić information content (AvgIpc) is 2.06. The molecule has 0 heterocycles. The van der Waals surface area contributed by atoms with Crippen molar-refractivity contribution >= 4 is 6.29 Å². The summed E-state index contributed by atoms with van der Waals surface area (Å²) in [5.41, 5.74) is 6.45. The van der Waals surface area contributed by atoms with Gasteiger partial charge in [-0.15, -0.1) is 0 Å². The van der Waals surface area contributed by atoms with E-state index in [-0.39, 0.29) is 17.1 Å². The molecule has 2 nitrogen and oxygen atoms in total. The third-order valence-electron chi connectivity index (χ3n) is 1.45. The first kappa shape index (κ1) is 11.4. The van der Waals surface area contributed by atoms with Gasteiger partial charge in [-0.05, 0) is 12.0 Å². The first-order valence-corrected chi connectivity index (χ1v) is 3.50. The quantitative estimate of drug-likeness (QED) is 0.747. The van der Waals surface area contributed by atoms with E-state index < -0.39 is 6.04 Å². The summed E-state index contributed by atoms with van der Waals surface area (Å²) in [7, 11) is 0. The van der Waals surface area contributed by atoms with E-state index in [0.29, 0.717) is 6.42 Å². The summed E-state index contributed by atoms with van der Waals surface area (Å²) in [6.45, 7) is 0. The number of rotatable bonds is 3. The fourth-order valence-electron chi connectivity index (χ4n) is 0.910. The van der Waals surface area contributed by atoms with Crippen LogP contribution in [0.3, 0.4) is 0 Å². The standard InChI is InChI=1S/C9H10NO.Cu/c10-9(7-11)6-8-4-2-1-3-5-8;/h1-5,9H,6,10H2;. The van der Waals surface area contributed by atoms with Crippen molar-refractivity contribution < 1.29 is 21.9 Å².